The van der Waals surface area contributed by atoms with Crippen LogP contribution in [-0.4, -0.2) is 23.3 Å². The van der Waals surface area contributed by atoms with Gasteiger partial charge in [-0.3, -0.25) is 0 Å². The molecule has 1 aromatic rings. The Bertz CT molecular complexity index is 392. The molecule has 0 amide bonds. The van der Waals surface area contributed by atoms with Crippen LogP contribution < -0.4 is 0 Å². The highest BCUT2D eigenvalue weighted by molar-refractivity contribution is 5.79. The minimum Gasteiger partial charge on any atom is -0.464 e. The lowest BCUT2D eigenvalue weighted by molar-refractivity contribution is -0.165. The zero-order chi connectivity index (χ0) is 12.9. The summed E-state index contributed by atoms with van der Waals surface area (Å²) in [6.07, 6.45) is 0.106. The zero-order valence-corrected chi connectivity index (χ0v) is 10.1. The Morgan fingerprint density at radius 3 is 2.59 bits per heavy atom. The Labute approximate surface area is 100 Å². The Morgan fingerprint density at radius 1 is 1.41 bits per heavy atom. The number of hydrogen-bond acceptors (Lipinski definition) is 3. The third kappa shape index (κ3) is 3.27. The van der Waals surface area contributed by atoms with E-state index in [9.17, 15) is 14.3 Å². The minimum atomic E-state index is -1.65. The molecule has 0 aliphatic rings. The molecule has 0 aromatic heterocycles. The molecule has 1 N–H and O–H groups in total. The van der Waals surface area contributed by atoms with Crippen LogP contribution in [0.2, 0.25) is 0 Å². The second kappa shape index (κ2) is 5.77. The molecule has 0 fully saturated rings. The Morgan fingerprint density at radius 2 is 2.06 bits per heavy atom. The van der Waals surface area contributed by atoms with Crippen LogP contribution in [0.25, 0.3) is 0 Å². The highest BCUT2D eigenvalue weighted by Crippen LogP contribution is 2.21. The number of benzene rings is 1. The Hall–Kier alpha value is -1.42. The van der Waals surface area contributed by atoms with Crippen LogP contribution in [0.4, 0.5) is 4.39 Å². The van der Waals surface area contributed by atoms with E-state index in [4.69, 9.17) is 4.74 Å². The van der Waals surface area contributed by atoms with Gasteiger partial charge in [-0.1, -0.05) is 25.1 Å². The van der Waals surface area contributed by atoms with Crippen molar-refractivity contribution in [2.45, 2.75) is 32.3 Å². The van der Waals surface area contributed by atoms with E-state index in [-0.39, 0.29) is 19.4 Å². The maximum absolute atomic E-state index is 13.4. The first-order valence-corrected chi connectivity index (χ1v) is 5.66. The molecule has 0 saturated carbocycles. The highest BCUT2D eigenvalue weighted by atomic mass is 19.1. The van der Waals surface area contributed by atoms with Crippen LogP contribution in [0.1, 0.15) is 25.8 Å². The smallest absolute Gasteiger partial charge is 0.338 e. The number of carbonyl (C=O) groups is 1. The molecule has 94 valence electrons. The molecule has 0 bridgehead atoms. The van der Waals surface area contributed by atoms with E-state index in [1.807, 2.05) is 0 Å². The third-order valence-electron chi connectivity index (χ3n) is 2.68. The van der Waals surface area contributed by atoms with Crippen molar-refractivity contribution < 1.29 is 19.0 Å². The quantitative estimate of drug-likeness (QED) is 0.801. The van der Waals surface area contributed by atoms with Crippen LogP contribution in [0.15, 0.2) is 24.3 Å². The van der Waals surface area contributed by atoms with Gasteiger partial charge in [0.25, 0.3) is 0 Å². The number of esters is 1. The van der Waals surface area contributed by atoms with Gasteiger partial charge in [0.1, 0.15) is 5.82 Å². The topological polar surface area (TPSA) is 46.5 Å². The van der Waals surface area contributed by atoms with Crippen molar-refractivity contribution >= 4 is 5.97 Å². The molecule has 0 radical (unpaired) electrons. The van der Waals surface area contributed by atoms with Crippen molar-refractivity contribution in [1.29, 1.82) is 0 Å². The molecule has 0 aliphatic heterocycles. The fourth-order valence-corrected chi connectivity index (χ4v) is 1.56. The van der Waals surface area contributed by atoms with E-state index < -0.39 is 17.4 Å². The van der Waals surface area contributed by atoms with Gasteiger partial charge in [0, 0.05) is 6.42 Å². The number of halogens is 1. The lowest BCUT2D eigenvalue weighted by atomic mass is 9.92. The molecule has 1 aromatic carbocycles. The van der Waals surface area contributed by atoms with Crippen molar-refractivity contribution in [3.8, 4) is 0 Å². The molecule has 0 heterocycles. The summed E-state index contributed by atoms with van der Waals surface area (Å²) in [6, 6.07) is 6.08. The van der Waals surface area contributed by atoms with E-state index in [0.29, 0.717) is 5.56 Å². The van der Waals surface area contributed by atoms with Crippen molar-refractivity contribution in [3.63, 3.8) is 0 Å². The predicted octanol–water partition coefficient (Wildman–Crippen LogP) is 2.07. The summed E-state index contributed by atoms with van der Waals surface area (Å²) in [6.45, 7) is 3.52. The molecule has 0 aliphatic carbocycles. The van der Waals surface area contributed by atoms with E-state index in [2.05, 4.69) is 0 Å². The average Bonchev–Trinajstić information content (AvgIpc) is 2.32. The fourth-order valence-electron chi connectivity index (χ4n) is 1.56. The maximum atomic E-state index is 13.4. The van der Waals surface area contributed by atoms with E-state index >= 15 is 0 Å². The summed E-state index contributed by atoms with van der Waals surface area (Å²) in [7, 11) is 0. The van der Waals surface area contributed by atoms with Crippen LogP contribution >= 0.6 is 0 Å². The van der Waals surface area contributed by atoms with Crippen molar-refractivity contribution in [2.24, 2.45) is 0 Å². The van der Waals surface area contributed by atoms with Crippen LogP contribution in [-0.2, 0) is 16.0 Å². The number of ether oxygens (including phenoxy) is 1. The summed E-state index contributed by atoms with van der Waals surface area (Å²) in [5.41, 5.74) is -1.34. The molecule has 4 heteroatoms. The van der Waals surface area contributed by atoms with E-state index in [1.54, 1.807) is 32.0 Å². The number of hydrogen-bond donors (Lipinski definition) is 1. The SMILES string of the molecule is CCOC(=O)[C@](O)(CC)Cc1ccccc1F. The first-order valence-electron chi connectivity index (χ1n) is 5.66. The van der Waals surface area contributed by atoms with Gasteiger partial charge in [0.15, 0.2) is 5.60 Å². The first-order chi connectivity index (χ1) is 8.03. The van der Waals surface area contributed by atoms with Gasteiger partial charge in [-0.15, -0.1) is 0 Å². The van der Waals surface area contributed by atoms with Gasteiger partial charge in [0.05, 0.1) is 6.61 Å². The minimum absolute atomic E-state index is 0.0744. The summed E-state index contributed by atoms with van der Waals surface area (Å²) < 4.78 is 18.2. The molecular weight excluding hydrogens is 223 g/mol. The second-order valence-corrected chi connectivity index (χ2v) is 3.87. The Balaban J connectivity index is 2.89. The third-order valence-corrected chi connectivity index (χ3v) is 2.68. The standard InChI is InChI=1S/C13H17FO3/c1-3-13(16,12(15)17-4-2)9-10-7-5-6-8-11(10)14/h5-8,16H,3-4,9H2,1-2H3/t13-/m0/s1. The maximum Gasteiger partial charge on any atom is 0.338 e. The number of carbonyl (C=O) groups excluding carboxylic acids is 1. The van der Waals surface area contributed by atoms with Gasteiger partial charge in [-0.2, -0.15) is 0 Å². The van der Waals surface area contributed by atoms with Gasteiger partial charge >= 0.3 is 5.97 Å². The summed E-state index contributed by atoms with van der Waals surface area (Å²) in [5, 5.41) is 10.2. The largest absolute Gasteiger partial charge is 0.464 e. The Kier molecular flexibility index (Phi) is 4.63. The second-order valence-electron chi connectivity index (χ2n) is 3.87. The molecule has 3 nitrogen and oxygen atoms in total. The van der Waals surface area contributed by atoms with Crippen LogP contribution in [0.5, 0.6) is 0 Å². The monoisotopic (exact) mass is 240 g/mol. The van der Waals surface area contributed by atoms with Crippen LogP contribution in [0, 0.1) is 5.82 Å². The van der Waals surface area contributed by atoms with Crippen molar-refractivity contribution in [3.05, 3.63) is 35.6 Å². The average molecular weight is 240 g/mol. The van der Waals surface area contributed by atoms with Gasteiger partial charge in [0.2, 0.25) is 0 Å². The summed E-state index contributed by atoms with van der Waals surface area (Å²) in [4.78, 5) is 11.6. The fraction of sp³-hybridized carbons (Fsp3) is 0.462. The predicted molar refractivity (Wildman–Crippen MR) is 62.0 cm³/mol. The molecule has 0 saturated heterocycles. The molecule has 0 unspecified atom stereocenters. The zero-order valence-electron chi connectivity index (χ0n) is 10.1. The normalized spacial score (nSPS) is 14.1. The summed E-state index contributed by atoms with van der Waals surface area (Å²) >= 11 is 0. The lowest BCUT2D eigenvalue weighted by Crippen LogP contribution is -2.42. The molecule has 1 atom stereocenters. The van der Waals surface area contributed by atoms with Crippen molar-refractivity contribution in [2.75, 3.05) is 6.61 Å². The van der Waals surface area contributed by atoms with Crippen molar-refractivity contribution in [1.82, 2.24) is 0 Å². The van der Waals surface area contributed by atoms with Gasteiger partial charge in [-0.05, 0) is 25.0 Å². The van der Waals surface area contributed by atoms with E-state index in [0.717, 1.165) is 0 Å². The molecule has 17 heavy (non-hydrogen) atoms. The molecule has 0 spiro atoms. The molecular formula is C13H17FO3. The van der Waals surface area contributed by atoms with E-state index in [1.165, 1.54) is 6.07 Å². The van der Waals surface area contributed by atoms with Crippen LogP contribution in [0.3, 0.4) is 0 Å². The number of rotatable bonds is 5. The highest BCUT2D eigenvalue weighted by Gasteiger charge is 2.36. The first kappa shape index (κ1) is 13.6. The molecule has 1 rings (SSSR count). The van der Waals surface area contributed by atoms with Gasteiger partial charge < -0.3 is 9.84 Å². The lowest BCUT2D eigenvalue weighted by Gasteiger charge is -2.24. The number of aliphatic hydroxyl groups is 1. The van der Waals surface area contributed by atoms with Gasteiger partial charge in [-0.25, -0.2) is 9.18 Å². The summed E-state index contributed by atoms with van der Waals surface area (Å²) in [5.74, 6) is -1.13.